The van der Waals surface area contributed by atoms with Gasteiger partial charge in [-0.25, -0.2) is 4.79 Å². The van der Waals surface area contributed by atoms with Gasteiger partial charge in [0, 0.05) is 38.3 Å². The smallest absolute Gasteiger partial charge is 0.317 e. The Bertz CT molecular complexity index is 537. The van der Waals surface area contributed by atoms with Gasteiger partial charge in [-0.05, 0) is 30.7 Å². The van der Waals surface area contributed by atoms with Crippen LogP contribution >= 0.6 is 0 Å². The number of amides is 3. The van der Waals surface area contributed by atoms with Gasteiger partial charge in [-0.1, -0.05) is 26.2 Å². The van der Waals surface area contributed by atoms with E-state index in [0.717, 1.165) is 12.8 Å². The van der Waals surface area contributed by atoms with E-state index in [1.165, 1.54) is 25.0 Å². The molecule has 6 nitrogen and oxygen atoms in total. The molecule has 1 aromatic carbocycles. The number of carbonyl (C=O) groups excluding carboxylic acids is 2. The topological polar surface area (TPSA) is 72.9 Å². The third-order valence-corrected chi connectivity index (χ3v) is 4.27. The molecule has 3 amide bonds. The third kappa shape index (κ3) is 5.15. The van der Waals surface area contributed by atoms with Gasteiger partial charge in [0.15, 0.2) is 0 Å². The molecular formula is C18H27N3O3. The Balaban J connectivity index is 1.73. The Morgan fingerprint density at radius 1 is 1.00 bits per heavy atom. The van der Waals surface area contributed by atoms with E-state index in [-0.39, 0.29) is 17.7 Å². The monoisotopic (exact) mass is 333 g/mol. The molecule has 1 fully saturated rings. The average Bonchev–Trinajstić information content (AvgIpc) is 2.61. The van der Waals surface area contributed by atoms with Gasteiger partial charge in [0.1, 0.15) is 5.75 Å². The van der Waals surface area contributed by atoms with Crippen molar-refractivity contribution in [3.63, 3.8) is 0 Å². The zero-order valence-electron chi connectivity index (χ0n) is 14.3. The third-order valence-electron chi connectivity index (χ3n) is 4.27. The second-order valence-corrected chi connectivity index (χ2v) is 6.12. The van der Waals surface area contributed by atoms with Gasteiger partial charge in [-0.15, -0.1) is 0 Å². The fourth-order valence-electron chi connectivity index (χ4n) is 2.76. The molecule has 132 valence electrons. The Hall–Kier alpha value is -2.24. The highest BCUT2D eigenvalue weighted by Gasteiger charge is 2.24. The van der Waals surface area contributed by atoms with Crippen molar-refractivity contribution in [3.8, 4) is 5.75 Å². The first-order valence-corrected chi connectivity index (χ1v) is 8.73. The summed E-state index contributed by atoms with van der Waals surface area (Å²) in [6.07, 6.45) is 4.55. The number of nitrogens with zero attached hydrogens (tertiary/aromatic N) is 2. The van der Waals surface area contributed by atoms with Crippen molar-refractivity contribution in [2.75, 3.05) is 32.7 Å². The molecule has 0 unspecified atom stereocenters. The minimum atomic E-state index is -0.0605. The predicted octanol–water partition coefficient (Wildman–Crippen LogP) is 2.44. The quantitative estimate of drug-likeness (QED) is 0.785. The van der Waals surface area contributed by atoms with Crippen LogP contribution in [0.5, 0.6) is 5.75 Å². The van der Waals surface area contributed by atoms with E-state index in [1.807, 2.05) is 0 Å². The van der Waals surface area contributed by atoms with Crippen molar-refractivity contribution >= 4 is 11.9 Å². The zero-order chi connectivity index (χ0) is 17.4. The van der Waals surface area contributed by atoms with Crippen LogP contribution in [0.15, 0.2) is 24.3 Å². The highest BCUT2D eigenvalue weighted by Crippen LogP contribution is 2.13. The van der Waals surface area contributed by atoms with Crippen molar-refractivity contribution in [3.05, 3.63) is 29.8 Å². The summed E-state index contributed by atoms with van der Waals surface area (Å²) in [6.45, 7) is 5.03. The Kier molecular flexibility index (Phi) is 6.90. The number of urea groups is 1. The maximum Gasteiger partial charge on any atom is 0.317 e. The van der Waals surface area contributed by atoms with Gasteiger partial charge in [-0.2, -0.15) is 0 Å². The van der Waals surface area contributed by atoms with E-state index >= 15 is 0 Å². The number of hydrogen-bond donors (Lipinski definition) is 2. The number of hydrogen-bond acceptors (Lipinski definition) is 3. The van der Waals surface area contributed by atoms with Crippen LogP contribution in [0.4, 0.5) is 4.79 Å². The maximum atomic E-state index is 12.4. The summed E-state index contributed by atoms with van der Waals surface area (Å²) in [5, 5.41) is 12.2. The lowest BCUT2D eigenvalue weighted by atomic mass is 10.1. The van der Waals surface area contributed by atoms with E-state index in [9.17, 15) is 14.7 Å². The second kappa shape index (κ2) is 9.15. The number of phenolic OH excluding ortho intramolecular Hbond substituents is 1. The van der Waals surface area contributed by atoms with Gasteiger partial charge in [0.25, 0.3) is 5.91 Å². The van der Waals surface area contributed by atoms with Crippen LogP contribution in [-0.2, 0) is 0 Å². The van der Waals surface area contributed by atoms with Crippen molar-refractivity contribution in [1.82, 2.24) is 15.1 Å². The minimum absolute atomic E-state index is 0.0387. The average molecular weight is 333 g/mol. The number of unbranched alkanes of at least 4 members (excludes halogenated alkanes) is 3. The predicted molar refractivity (Wildman–Crippen MR) is 93.1 cm³/mol. The molecule has 0 atom stereocenters. The molecule has 2 N–H and O–H groups in total. The normalized spacial score (nSPS) is 14.5. The molecule has 0 radical (unpaired) electrons. The highest BCUT2D eigenvalue weighted by molar-refractivity contribution is 5.94. The molecule has 1 heterocycles. The molecule has 1 aliphatic heterocycles. The molecule has 6 heteroatoms. The summed E-state index contributed by atoms with van der Waals surface area (Å²) >= 11 is 0. The lowest BCUT2D eigenvalue weighted by Crippen LogP contribution is -2.53. The molecular weight excluding hydrogens is 306 g/mol. The first-order valence-electron chi connectivity index (χ1n) is 8.73. The highest BCUT2D eigenvalue weighted by atomic mass is 16.3. The number of nitrogens with one attached hydrogen (secondary N) is 1. The molecule has 24 heavy (non-hydrogen) atoms. The fraction of sp³-hybridized carbons (Fsp3) is 0.556. The van der Waals surface area contributed by atoms with E-state index in [1.54, 1.807) is 21.9 Å². The molecule has 0 aromatic heterocycles. The van der Waals surface area contributed by atoms with E-state index < -0.39 is 0 Å². The Labute approximate surface area is 143 Å². The molecule has 0 spiro atoms. The maximum absolute atomic E-state index is 12.4. The molecule has 1 aliphatic rings. The van der Waals surface area contributed by atoms with Crippen molar-refractivity contribution in [2.24, 2.45) is 0 Å². The van der Waals surface area contributed by atoms with Crippen LogP contribution in [0.2, 0.25) is 0 Å². The van der Waals surface area contributed by atoms with Crippen LogP contribution in [-0.4, -0.2) is 59.6 Å². The van der Waals surface area contributed by atoms with Crippen molar-refractivity contribution in [1.29, 1.82) is 0 Å². The molecule has 0 aliphatic carbocycles. The lowest BCUT2D eigenvalue weighted by Gasteiger charge is -2.34. The van der Waals surface area contributed by atoms with Crippen molar-refractivity contribution < 1.29 is 14.7 Å². The second-order valence-electron chi connectivity index (χ2n) is 6.12. The van der Waals surface area contributed by atoms with Crippen molar-refractivity contribution in [2.45, 2.75) is 32.6 Å². The molecule has 1 saturated heterocycles. The summed E-state index contributed by atoms with van der Waals surface area (Å²) in [5.41, 5.74) is 0.557. The number of phenols is 1. The Morgan fingerprint density at radius 2 is 1.62 bits per heavy atom. The van der Waals surface area contributed by atoms with Gasteiger partial charge in [-0.3, -0.25) is 4.79 Å². The molecule has 0 saturated carbocycles. The van der Waals surface area contributed by atoms with E-state index in [0.29, 0.717) is 38.3 Å². The van der Waals surface area contributed by atoms with Crippen LogP contribution < -0.4 is 5.32 Å². The molecule has 2 rings (SSSR count). The van der Waals surface area contributed by atoms with Gasteiger partial charge < -0.3 is 20.2 Å². The van der Waals surface area contributed by atoms with Gasteiger partial charge in [0.05, 0.1) is 0 Å². The molecule has 0 bridgehead atoms. The lowest BCUT2D eigenvalue weighted by molar-refractivity contribution is 0.0665. The largest absolute Gasteiger partial charge is 0.508 e. The number of aromatic hydroxyl groups is 1. The SMILES string of the molecule is CCCCCCNC(=O)N1CCN(C(=O)c2ccc(O)cc2)CC1. The standard InChI is InChI=1S/C18H27N3O3/c1-2-3-4-5-10-19-18(24)21-13-11-20(12-14-21)17(23)15-6-8-16(22)9-7-15/h6-9,22H,2-5,10-14H2,1H3,(H,19,24). The minimum Gasteiger partial charge on any atom is -0.508 e. The van der Waals surface area contributed by atoms with Gasteiger partial charge in [0.2, 0.25) is 0 Å². The first kappa shape index (κ1) is 18.1. The zero-order valence-corrected chi connectivity index (χ0v) is 14.3. The molecule has 1 aromatic rings. The van der Waals surface area contributed by atoms with Crippen LogP contribution in [0.3, 0.4) is 0 Å². The summed E-state index contributed by atoms with van der Waals surface area (Å²) in [4.78, 5) is 28.0. The first-order chi connectivity index (χ1) is 11.6. The van der Waals surface area contributed by atoms with Crippen LogP contribution in [0.1, 0.15) is 43.0 Å². The fourth-order valence-corrected chi connectivity index (χ4v) is 2.76. The number of carbonyl (C=O) groups is 2. The summed E-state index contributed by atoms with van der Waals surface area (Å²) in [7, 11) is 0. The summed E-state index contributed by atoms with van der Waals surface area (Å²) in [6, 6.07) is 6.22. The van der Waals surface area contributed by atoms with Crippen LogP contribution in [0.25, 0.3) is 0 Å². The van der Waals surface area contributed by atoms with Crippen LogP contribution in [0, 0.1) is 0 Å². The summed E-state index contributed by atoms with van der Waals surface area (Å²) < 4.78 is 0. The number of benzene rings is 1. The number of piperazine rings is 1. The van der Waals surface area contributed by atoms with Gasteiger partial charge >= 0.3 is 6.03 Å². The van der Waals surface area contributed by atoms with E-state index in [4.69, 9.17) is 0 Å². The Morgan fingerprint density at radius 3 is 2.25 bits per heavy atom. The number of rotatable bonds is 6. The van der Waals surface area contributed by atoms with E-state index in [2.05, 4.69) is 12.2 Å². The summed E-state index contributed by atoms with van der Waals surface area (Å²) in [5.74, 6) is 0.0848.